The molecular formula is C26H23N5O2. The minimum absolute atomic E-state index is 0.00795. The molecule has 0 aliphatic rings. The molecule has 1 N–H and O–H groups in total. The molecule has 2 aromatic carbocycles. The normalized spacial score (nSPS) is 10.7. The Hall–Kier alpha value is -4.31. The second-order valence-electron chi connectivity index (χ2n) is 8.02. The first-order chi connectivity index (χ1) is 15.9. The number of anilines is 1. The third-order valence-corrected chi connectivity index (χ3v) is 5.68. The lowest BCUT2D eigenvalue weighted by atomic mass is 10.0. The van der Waals surface area contributed by atoms with E-state index < -0.39 is 0 Å². The van der Waals surface area contributed by atoms with E-state index in [2.05, 4.69) is 21.5 Å². The third kappa shape index (κ3) is 4.51. The molecule has 0 fully saturated rings. The molecule has 0 saturated carbocycles. The summed E-state index contributed by atoms with van der Waals surface area (Å²) in [5.74, 6) is 0.259. The van der Waals surface area contributed by atoms with Gasteiger partial charge in [-0.25, -0.2) is 4.98 Å². The highest BCUT2D eigenvalue weighted by atomic mass is 16.2. The van der Waals surface area contributed by atoms with E-state index in [1.807, 2.05) is 63.2 Å². The Balaban J connectivity index is 1.54. The van der Waals surface area contributed by atoms with E-state index >= 15 is 0 Å². The number of amides is 1. The van der Waals surface area contributed by atoms with Crippen molar-refractivity contribution >= 4 is 28.4 Å². The maximum absolute atomic E-state index is 12.7. The van der Waals surface area contributed by atoms with Gasteiger partial charge in [0.15, 0.2) is 17.4 Å². The molecule has 7 heteroatoms. The Morgan fingerprint density at radius 1 is 1.00 bits per heavy atom. The number of aryl methyl sites for hydroxylation is 3. The molecule has 33 heavy (non-hydrogen) atoms. The van der Waals surface area contributed by atoms with Gasteiger partial charge in [0.1, 0.15) is 11.6 Å². The third-order valence-electron chi connectivity index (χ3n) is 5.68. The first kappa shape index (κ1) is 21.9. The fourth-order valence-corrected chi connectivity index (χ4v) is 3.65. The molecule has 0 unspecified atom stereocenters. The summed E-state index contributed by atoms with van der Waals surface area (Å²) in [4.78, 5) is 29.8. The maximum atomic E-state index is 12.7. The van der Waals surface area contributed by atoms with Gasteiger partial charge in [0.2, 0.25) is 5.91 Å². The van der Waals surface area contributed by atoms with Crippen LogP contribution in [0.2, 0.25) is 0 Å². The van der Waals surface area contributed by atoms with Crippen molar-refractivity contribution in [2.45, 2.75) is 33.6 Å². The average molecular weight is 438 g/mol. The van der Waals surface area contributed by atoms with Crippen LogP contribution in [0.25, 0.3) is 16.7 Å². The monoisotopic (exact) mass is 437 g/mol. The topological polar surface area (TPSA) is 101 Å². The van der Waals surface area contributed by atoms with Gasteiger partial charge in [0.05, 0.1) is 11.7 Å². The molecule has 7 nitrogen and oxygen atoms in total. The Bertz CT molecular complexity index is 1430. The van der Waals surface area contributed by atoms with Crippen LogP contribution in [0, 0.1) is 32.1 Å². The van der Waals surface area contributed by atoms with E-state index in [1.165, 1.54) is 10.9 Å². The highest BCUT2D eigenvalue weighted by Crippen LogP contribution is 2.24. The zero-order chi connectivity index (χ0) is 23.5. The van der Waals surface area contributed by atoms with Crippen molar-refractivity contribution in [2.75, 3.05) is 5.32 Å². The van der Waals surface area contributed by atoms with Crippen LogP contribution in [0.5, 0.6) is 0 Å². The number of nitrogens with zero attached hydrogens (tertiary/aromatic N) is 4. The first-order valence-electron chi connectivity index (χ1n) is 10.6. The number of rotatable bonds is 6. The number of aromatic nitrogens is 3. The van der Waals surface area contributed by atoms with Crippen molar-refractivity contribution in [3.63, 3.8) is 0 Å². The molecule has 4 rings (SSSR count). The van der Waals surface area contributed by atoms with Gasteiger partial charge < -0.3 is 5.32 Å². The van der Waals surface area contributed by atoms with Crippen LogP contribution in [-0.4, -0.2) is 26.5 Å². The van der Waals surface area contributed by atoms with E-state index in [-0.39, 0.29) is 35.9 Å². The van der Waals surface area contributed by atoms with E-state index in [0.29, 0.717) is 11.4 Å². The molecule has 0 aliphatic heterocycles. The van der Waals surface area contributed by atoms with Crippen LogP contribution < -0.4 is 5.32 Å². The molecule has 2 aromatic heterocycles. The fraction of sp³-hybridized carbons (Fsp3) is 0.192. The molecular weight excluding hydrogens is 414 g/mol. The van der Waals surface area contributed by atoms with Crippen LogP contribution in [0.15, 0.2) is 54.7 Å². The van der Waals surface area contributed by atoms with Gasteiger partial charge in [0.25, 0.3) is 0 Å². The van der Waals surface area contributed by atoms with Gasteiger partial charge in [-0.2, -0.15) is 15.0 Å². The molecule has 0 saturated heterocycles. The summed E-state index contributed by atoms with van der Waals surface area (Å²) >= 11 is 0. The Morgan fingerprint density at radius 3 is 2.55 bits per heavy atom. The van der Waals surface area contributed by atoms with Crippen molar-refractivity contribution < 1.29 is 9.59 Å². The lowest BCUT2D eigenvalue weighted by Crippen LogP contribution is -2.17. The largest absolute Gasteiger partial charge is 0.309 e. The van der Waals surface area contributed by atoms with Crippen LogP contribution >= 0.6 is 0 Å². The summed E-state index contributed by atoms with van der Waals surface area (Å²) in [7, 11) is 0. The number of ketones is 1. The van der Waals surface area contributed by atoms with Gasteiger partial charge in [-0.05, 0) is 55.7 Å². The summed E-state index contributed by atoms with van der Waals surface area (Å²) in [5, 5.41) is 17.5. The van der Waals surface area contributed by atoms with Gasteiger partial charge in [-0.1, -0.05) is 30.3 Å². The number of nitriles is 1. The number of nitrogens with one attached hydrogen (secondary N) is 1. The van der Waals surface area contributed by atoms with Gasteiger partial charge in [0, 0.05) is 23.8 Å². The minimum Gasteiger partial charge on any atom is -0.309 e. The second kappa shape index (κ2) is 9.05. The van der Waals surface area contributed by atoms with E-state index in [4.69, 9.17) is 0 Å². The van der Waals surface area contributed by atoms with Gasteiger partial charge in [-0.15, -0.1) is 0 Å². The quantitative estimate of drug-likeness (QED) is 0.436. The Labute approximate surface area is 191 Å². The summed E-state index contributed by atoms with van der Waals surface area (Å²) in [6, 6.07) is 17.2. The molecule has 4 aromatic rings. The standard InChI is InChI=1S/C26H23N5O2/c1-16-8-9-19(12-17(16)2)23(32)10-11-25(33)30-26-20(14-27)15-28-31(26)24-13-18(3)21-6-4-5-7-22(21)29-24/h4-9,12-13,15H,10-11H2,1-3H3,(H,30,33). The minimum atomic E-state index is -0.372. The number of hydrogen-bond acceptors (Lipinski definition) is 5. The van der Waals surface area contributed by atoms with Crippen LogP contribution in [-0.2, 0) is 4.79 Å². The van der Waals surface area contributed by atoms with Crippen molar-refractivity contribution in [1.82, 2.24) is 14.8 Å². The van der Waals surface area contributed by atoms with Gasteiger partial charge in [-0.3, -0.25) is 9.59 Å². The summed E-state index contributed by atoms with van der Waals surface area (Å²) in [6.45, 7) is 5.91. The number of fused-ring (bicyclic) bond motifs is 1. The molecule has 0 aliphatic carbocycles. The van der Waals surface area contributed by atoms with E-state index in [1.54, 1.807) is 6.07 Å². The number of para-hydroxylation sites is 1. The Morgan fingerprint density at radius 2 is 1.79 bits per heavy atom. The van der Waals surface area contributed by atoms with Gasteiger partial charge >= 0.3 is 0 Å². The number of benzene rings is 2. The molecule has 1 amide bonds. The van der Waals surface area contributed by atoms with Crippen molar-refractivity contribution in [1.29, 1.82) is 5.26 Å². The fourth-order valence-electron chi connectivity index (χ4n) is 3.65. The van der Waals surface area contributed by atoms with Crippen molar-refractivity contribution in [3.8, 4) is 11.9 Å². The molecule has 0 bridgehead atoms. The predicted octanol–water partition coefficient (Wildman–Crippen LogP) is 4.82. The number of Topliss-reactive ketones (excluding diaryl/α,β-unsaturated/α-hetero) is 1. The lowest BCUT2D eigenvalue weighted by molar-refractivity contribution is -0.116. The molecule has 164 valence electrons. The van der Waals surface area contributed by atoms with Crippen LogP contribution in [0.1, 0.15) is 45.5 Å². The van der Waals surface area contributed by atoms with E-state index in [9.17, 15) is 14.9 Å². The molecule has 0 radical (unpaired) electrons. The maximum Gasteiger partial charge on any atom is 0.226 e. The molecule has 0 atom stereocenters. The number of carbonyl (C=O) groups is 2. The number of carbonyl (C=O) groups excluding carboxylic acids is 2. The highest BCUT2D eigenvalue weighted by Gasteiger charge is 2.18. The number of hydrogen-bond donors (Lipinski definition) is 1. The summed E-state index contributed by atoms with van der Waals surface area (Å²) < 4.78 is 1.45. The number of pyridine rings is 1. The Kier molecular flexibility index (Phi) is 6.01. The predicted molar refractivity (Wildman–Crippen MR) is 126 cm³/mol. The summed E-state index contributed by atoms with van der Waals surface area (Å²) in [5.41, 5.74) is 4.74. The first-order valence-corrected chi connectivity index (χ1v) is 10.6. The van der Waals surface area contributed by atoms with Crippen molar-refractivity contribution in [3.05, 3.63) is 82.5 Å². The second-order valence-corrected chi connectivity index (χ2v) is 8.02. The highest BCUT2D eigenvalue weighted by molar-refractivity contribution is 6.00. The average Bonchev–Trinajstić information content (AvgIpc) is 3.21. The lowest BCUT2D eigenvalue weighted by Gasteiger charge is -2.11. The zero-order valence-electron chi connectivity index (χ0n) is 18.7. The van der Waals surface area contributed by atoms with Crippen LogP contribution in [0.4, 0.5) is 5.82 Å². The summed E-state index contributed by atoms with van der Waals surface area (Å²) in [6.07, 6.45) is 1.45. The van der Waals surface area contributed by atoms with E-state index in [0.717, 1.165) is 27.6 Å². The molecule has 2 heterocycles. The molecule has 0 spiro atoms. The SMILES string of the molecule is Cc1ccc(C(=O)CCC(=O)Nc2c(C#N)cnn2-c2cc(C)c3ccccc3n2)cc1C. The van der Waals surface area contributed by atoms with Crippen LogP contribution in [0.3, 0.4) is 0 Å². The zero-order valence-corrected chi connectivity index (χ0v) is 18.7. The van der Waals surface area contributed by atoms with Crippen molar-refractivity contribution in [2.24, 2.45) is 0 Å². The smallest absolute Gasteiger partial charge is 0.226 e.